The van der Waals surface area contributed by atoms with Crippen LogP contribution in [0.15, 0.2) is 48.5 Å². The Morgan fingerprint density at radius 2 is 1.74 bits per heavy atom. The van der Waals surface area contributed by atoms with Crippen LogP contribution in [0.3, 0.4) is 0 Å². The van der Waals surface area contributed by atoms with Crippen molar-refractivity contribution in [1.82, 2.24) is 16.0 Å². The maximum atomic E-state index is 12.0. The van der Waals surface area contributed by atoms with Gasteiger partial charge in [-0.1, -0.05) is 24.3 Å². The lowest BCUT2D eigenvalue weighted by Gasteiger charge is -2.11. The van der Waals surface area contributed by atoms with Gasteiger partial charge in [-0.3, -0.25) is 4.79 Å². The zero-order valence-corrected chi connectivity index (χ0v) is 15.2. The maximum absolute atomic E-state index is 12.0. The van der Waals surface area contributed by atoms with E-state index in [1.165, 1.54) is 0 Å². The molecule has 1 fully saturated rings. The number of rotatable bonds is 7. The monoisotopic (exact) mass is 368 g/mol. The molecule has 3 amide bonds. The number of benzene rings is 2. The normalized spacial score (nSPS) is 15.9. The van der Waals surface area contributed by atoms with Crippen LogP contribution in [-0.4, -0.2) is 31.6 Å². The highest BCUT2D eigenvalue weighted by atomic mass is 16.5. The van der Waals surface area contributed by atoms with Crippen molar-refractivity contribution in [3.8, 4) is 5.75 Å². The fourth-order valence-corrected chi connectivity index (χ4v) is 2.84. The molecule has 2 aromatic rings. The summed E-state index contributed by atoms with van der Waals surface area (Å²) in [6.07, 6.45) is 0.812. The van der Waals surface area contributed by atoms with Gasteiger partial charge in [-0.25, -0.2) is 4.79 Å². The second kappa shape index (κ2) is 9.05. The van der Waals surface area contributed by atoms with Gasteiger partial charge in [-0.2, -0.15) is 0 Å². The molecule has 1 aliphatic rings. The topological polar surface area (TPSA) is 91.5 Å². The number of anilines is 1. The summed E-state index contributed by atoms with van der Waals surface area (Å²) in [5.41, 5.74) is 2.76. The first kappa shape index (κ1) is 18.7. The van der Waals surface area contributed by atoms with Gasteiger partial charge >= 0.3 is 6.03 Å². The van der Waals surface area contributed by atoms with Gasteiger partial charge < -0.3 is 26.0 Å². The van der Waals surface area contributed by atoms with Gasteiger partial charge in [0.2, 0.25) is 5.91 Å². The summed E-state index contributed by atoms with van der Waals surface area (Å²) in [5.74, 6) is 0.841. The van der Waals surface area contributed by atoms with E-state index in [-0.39, 0.29) is 18.0 Å². The molecule has 1 heterocycles. The molecule has 3 rings (SSSR count). The van der Waals surface area contributed by atoms with Crippen LogP contribution in [0.1, 0.15) is 17.5 Å². The summed E-state index contributed by atoms with van der Waals surface area (Å²) in [5, 5.41) is 11.7. The predicted octanol–water partition coefficient (Wildman–Crippen LogP) is 1.99. The first-order chi connectivity index (χ1) is 13.1. The molecule has 7 heteroatoms. The van der Waals surface area contributed by atoms with Gasteiger partial charge in [0.05, 0.1) is 13.2 Å². The lowest BCUT2D eigenvalue weighted by atomic mass is 10.2. The number of amides is 3. The largest absolute Gasteiger partial charge is 0.497 e. The molecule has 7 nitrogen and oxygen atoms in total. The van der Waals surface area contributed by atoms with Gasteiger partial charge in [0, 0.05) is 25.3 Å². The third kappa shape index (κ3) is 5.46. The Morgan fingerprint density at radius 3 is 2.37 bits per heavy atom. The summed E-state index contributed by atoms with van der Waals surface area (Å²) in [6.45, 7) is 1.77. The summed E-state index contributed by atoms with van der Waals surface area (Å²) >= 11 is 0. The summed E-state index contributed by atoms with van der Waals surface area (Å²) in [7, 11) is 1.62. The van der Waals surface area contributed by atoms with Crippen LogP contribution in [-0.2, 0) is 17.9 Å². The number of carbonyl (C=O) groups is 2. The van der Waals surface area contributed by atoms with Gasteiger partial charge in [0.1, 0.15) is 5.75 Å². The fourth-order valence-electron chi connectivity index (χ4n) is 2.84. The van der Waals surface area contributed by atoms with Crippen LogP contribution < -0.4 is 26.0 Å². The zero-order chi connectivity index (χ0) is 19.1. The number of hydrogen-bond donors (Lipinski definition) is 4. The molecular weight excluding hydrogens is 344 g/mol. The van der Waals surface area contributed by atoms with Crippen molar-refractivity contribution in [2.45, 2.75) is 25.6 Å². The minimum absolute atomic E-state index is 0.0572. The lowest BCUT2D eigenvalue weighted by molar-refractivity contribution is -0.120. The number of nitrogens with one attached hydrogen (secondary N) is 4. The van der Waals surface area contributed by atoms with Crippen LogP contribution >= 0.6 is 0 Å². The first-order valence-electron chi connectivity index (χ1n) is 8.92. The molecule has 27 heavy (non-hydrogen) atoms. The molecule has 0 unspecified atom stereocenters. The van der Waals surface area contributed by atoms with Crippen LogP contribution in [0.2, 0.25) is 0 Å². The van der Waals surface area contributed by atoms with E-state index in [0.29, 0.717) is 18.8 Å². The maximum Gasteiger partial charge on any atom is 0.319 e. The van der Waals surface area contributed by atoms with Gasteiger partial charge in [-0.05, 0) is 41.8 Å². The van der Waals surface area contributed by atoms with Gasteiger partial charge in [0.25, 0.3) is 0 Å². The van der Waals surface area contributed by atoms with E-state index < -0.39 is 0 Å². The average Bonchev–Trinajstić information content (AvgIpc) is 3.11. The van der Waals surface area contributed by atoms with Crippen molar-refractivity contribution in [1.29, 1.82) is 0 Å². The molecular formula is C20H24N4O3. The number of methoxy groups -OCH3 is 1. The third-order valence-electron chi connectivity index (χ3n) is 4.43. The second-order valence-corrected chi connectivity index (χ2v) is 6.37. The summed E-state index contributed by atoms with van der Waals surface area (Å²) in [6, 6.07) is 14.7. The van der Waals surface area contributed by atoms with E-state index in [1.54, 1.807) is 7.11 Å². The van der Waals surface area contributed by atoms with E-state index >= 15 is 0 Å². The number of carbonyl (C=O) groups excluding carboxylic acids is 2. The number of urea groups is 1. The van der Waals surface area contributed by atoms with Crippen molar-refractivity contribution in [2.24, 2.45) is 0 Å². The minimum Gasteiger partial charge on any atom is -0.497 e. The highest BCUT2D eigenvalue weighted by Crippen LogP contribution is 2.12. The summed E-state index contributed by atoms with van der Waals surface area (Å²) < 4.78 is 5.11. The molecule has 142 valence electrons. The standard InChI is InChI=1S/C20H24N4O3/c1-27-17-8-4-15(5-9-17)13-23-20(26)24-16-6-2-14(3-7-16)12-22-18-10-11-21-19(18)25/h2-9,18,22H,10-13H2,1H3,(H,21,25)(H2,23,24,26)/t18-/m0/s1. The van der Waals surface area contributed by atoms with E-state index in [1.807, 2.05) is 48.5 Å². The van der Waals surface area contributed by atoms with Crippen molar-refractivity contribution >= 4 is 17.6 Å². The van der Waals surface area contributed by atoms with Crippen LogP contribution in [0.4, 0.5) is 10.5 Å². The highest BCUT2D eigenvalue weighted by Gasteiger charge is 2.22. The van der Waals surface area contributed by atoms with Gasteiger partial charge in [0.15, 0.2) is 0 Å². The Bertz CT molecular complexity index is 775. The van der Waals surface area contributed by atoms with Crippen LogP contribution in [0.5, 0.6) is 5.75 Å². The zero-order valence-electron chi connectivity index (χ0n) is 15.2. The molecule has 0 aromatic heterocycles. The van der Waals surface area contributed by atoms with E-state index in [2.05, 4.69) is 21.3 Å². The first-order valence-corrected chi connectivity index (χ1v) is 8.92. The molecule has 0 aliphatic carbocycles. The quantitative estimate of drug-likeness (QED) is 0.602. The van der Waals surface area contributed by atoms with Crippen LogP contribution in [0, 0.1) is 0 Å². The number of hydrogen-bond acceptors (Lipinski definition) is 4. The Kier molecular flexibility index (Phi) is 6.27. The highest BCUT2D eigenvalue weighted by molar-refractivity contribution is 5.89. The Balaban J connectivity index is 1.42. The Morgan fingerprint density at radius 1 is 1.07 bits per heavy atom. The fraction of sp³-hybridized carbons (Fsp3) is 0.300. The molecule has 2 aromatic carbocycles. The predicted molar refractivity (Wildman–Crippen MR) is 104 cm³/mol. The Labute approximate surface area is 158 Å². The lowest BCUT2D eigenvalue weighted by Crippen LogP contribution is -2.35. The van der Waals surface area contributed by atoms with Crippen molar-refractivity contribution < 1.29 is 14.3 Å². The summed E-state index contributed by atoms with van der Waals surface area (Å²) in [4.78, 5) is 23.6. The molecule has 0 saturated carbocycles. The average molecular weight is 368 g/mol. The van der Waals surface area contributed by atoms with Crippen LogP contribution in [0.25, 0.3) is 0 Å². The van der Waals surface area contributed by atoms with Gasteiger partial charge in [-0.15, -0.1) is 0 Å². The van der Waals surface area contributed by atoms with E-state index in [4.69, 9.17) is 4.74 Å². The SMILES string of the molecule is COc1ccc(CNC(=O)Nc2ccc(CN[C@H]3CCNC3=O)cc2)cc1. The van der Waals surface area contributed by atoms with Crippen molar-refractivity contribution in [2.75, 3.05) is 19.0 Å². The molecule has 1 atom stereocenters. The Hall–Kier alpha value is -3.06. The molecule has 0 bridgehead atoms. The molecule has 0 spiro atoms. The molecule has 1 saturated heterocycles. The molecule has 0 radical (unpaired) electrons. The van der Waals surface area contributed by atoms with Crippen molar-refractivity contribution in [3.63, 3.8) is 0 Å². The van der Waals surface area contributed by atoms with Crippen molar-refractivity contribution in [3.05, 3.63) is 59.7 Å². The van der Waals surface area contributed by atoms with E-state index in [9.17, 15) is 9.59 Å². The minimum atomic E-state index is -0.265. The number of ether oxygens (including phenoxy) is 1. The second-order valence-electron chi connectivity index (χ2n) is 6.37. The molecule has 1 aliphatic heterocycles. The molecule has 4 N–H and O–H groups in total. The third-order valence-corrected chi connectivity index (χ3v) is 4.43. The van der Waals surface area contributed by atoms with E-state index in [0.717, 1.165) is 29.8 Å². The smallest absolute Gasteiger partial charge is 0.319 e.